The smallest absolute Gasteiger partial charge is 0.341 e. The highest BCUT2D eigenvalue weighted by Gasteiger charge is 2.33. The Morgan fingerprint density at radius 3 is 3.06 bits per heavy atom. The van der Waals surface area contributed by atoms with E-state index in [1.165, 1.54) is 6.20 Å². The zero-order valence-electron chi connectivity index (χ0n) is 9.51. The molecule has 0 bridgehead atoms. The fraction of sp³-hybridized carbons (Fsp3) is 0.636. The largest absolute Gasteiger partial charge is 0.478 e. The lowest BCUT2D eigenvalue weighted by atomic mass is 10.1. The first kappa shape index (κ1) is 11.1. The van der Waals surface area contributed by atoms with Crippen molar-refractivity contribution in [2.24, 2.45) is 0 Å². The lowest BCUT2D eigenvalue weighted by molar-refractivity contribution is 0.0689. The van der Waals surface area contributed by atoms with Gasteiger partial charge in [-0.3, -0.25) is 4.90 Å². The van der Waals surface area contributed by atoms with Crippen LogP contribution in [0, 0.1) is 0 Å². The average molecular weight is 224 g/mol. The van der Waals surface area contributed by atoms with E-state index in [2.05, 4.69) is 23.9 Å². The summed E-state index contributed by atoms with van der Waals surface area (Å²) in [6.45, 7) is 5.20. The van der Waals surface area contributed by atoms with Gasteiger partial charge in [-0.25, -0.2) is 4.79 Å². The molecule has 16 heavy (non-hydrogen) atoms. The second-order valence-electron chi connectivity index (χ2n) is 4.40. The van der Waals surface area contributed by atoms with Crippen LogP contribution in [0.25, 0.3) is 0 Å². The molecular formula is C11H16N2O3. The lowest BCUT2D eigenvalue weighted by Crippen LogP contribution is -2.30. The molecule has 1 aromatic rings. The Hall–Kier alpha value is -1.36. The minimum atomic E-state index is -0.966. The number of rotatable bonds is 3. The van der Waals surface area contributed by atoms with Crippen LogP contribution in [0.3, 0.4) is 0 Å². The number of nitrogens with zero attached hydrogens (tertiary/aromatic N) is 2. The molecule has 0 amide bonds. The summed E-state index contributed by atoms with van der Waals surface area (Å²) in [6.07, 6.45) is 3.30. The van der Waals surface area contributed by atoms with Crippen molar-refractivity contribution in [3.63, 3.8) is 0 Å². The van der Waals surface area contributed by atoms with Gasteiger partial charge in [-0.15, -0.1) is 0 Å². The highest BCUT2D eigenvalue weighted by atomic mass is 16.5. The Balaban J connectivity index is 2.29. The summed E-state index contributed by atoms with van der Waals surface area (Å²) in [5.74, 6) is -0.467. The van der Waals surface area contributed by atoms with E-state index in [9.17, 15) is 4.79 Å². The molecule has 0 spiro atoms. The maximum atomic E-state index is 11.0. The van der Waals surface area contributed by atoms with Gasteiger partial charge in [0.05, 0.1) is 12.2 Å². The molecule has 1 saturated heterocycles. The van der Waals surface area contributed by atoms with Gasteiger partial charge in [-0.05, 0) is 33.2 Å². The topological polar surface area (TPSA) is 66.6 Å². The highest BCUT2D eigenvalue weighted by molar-refractivity contribution is 5.88. The monoisotopic (exact) mass is 224 g/mol. The third-order valence-corrected chi connectivity index (χ3v) is 3.09. The SMILES string of the molecule is CC(C)N1CCCC1c1oncc1C(=O)O. The number of likely N-dealkylation sites (tertiary alicyclic amines) is 1. The molecule has 0 radical (unpaired) electrons. The molecule has 0 aromatic carbocycles. The molecule has 2 heterocycles. The Bertz CT molecular complexity index is 386. The summed E-state index contributed by atoms with van der Waals surface area (Å²) in [6, 6.07) is 0.452. The van der Waals surface area contributed by atoms with E-state index in [1.54, 1.807) is 0 Å². The van der Waals surface area contributed by atoms with Crippen LogP contribution in [-0.4, -0.2) is 33.7 Å². The molecule has 88 valence electrons. The van der Waals surface area contributed by atoms with Crippen molar-refractivity contribution >= 4 is 5.97 Å². The zero-order chi connectivity index (χ0) is 11.7. The number of aromatic carboxylic acids is 1. The first-order valence-corrected chi connectivity index (χ1v) is 5.55. The van der Waals surface area contributed by atoms with Gasteiger partial charge in [0.1, 0.15) is 5.56 Å². The molecule has 5 nitrogen and oxygen atoms in total. The third kappa shape index (κ3) is 1.82. The van der Waals surface area contributed by atoms with Crippen LogP contribution in [0.1, 0.15) is 48.8 Å². The minimum Gasteiger partial charge on any atom is -0.478 e. The highest BCUT2D eigenvalue weighted by Crippen LogP contribution is 2.35. The van der Waals surface area contributed by atoms with E-state index < -0.39 is 5.97 Å². The normalized spacial score (nSPS) is 21.8. The number of aromatic nitrogens is 1. The predicted octanol–water partition coefficient (Wildman–Crippen LogP) is 1.92. The van der Waals surface area contributed by atoms with Crippen LogP contribution in [0.2, 0.25) is 0 Å². The standard InChI is InChI=1S/C11H16N2O3/c1-7(2)13-5-3-4-9(13)10-8(11(14)15)6-12-16-10/h6-7,9H,3-5H2,1-2H3,(H,14,15). The molecule has 1 aromatic heterocycles. The maximum Gasteiger partial charge on any atom is 0.341 e. The number of carboxylic acids is 1. The van der Waals surface area contributed by atoms with Crippen molar-refractivity contribution in [3.05, 3.63) is 17.5 Å². The fourth-order valence-electron chi connectivity index (χ4n) is 2.34. The van der Waals surface area contributed by atoms with Crippen molar-refractivity contribution in [2.45, 2.75) is 38.8 Å². The van der Waals surface area contributed by atoms with Gasteiger partial charge in [-0.2, -0.15) is 0 Å². The predicted molar refractivity (Wildman–Crippen MR) is 57.3 cm³/mol. The van der Waals surface area contributed by atoms with Crippen molar-refractivity contribution in [1.29, 1.82) is 0 Å². The summed E-state index contributed by atoms with van der Waals surface area (Å²) >= 11 is 0. The van der Waals surface area contributed by atoms with E-state index in [-0.39, 0.29) is 11.6 Å². The lowest BCUT2D eigenvalue weighted by Gasteiger charge is -2.26. The summed E-state index contributed by atoms with van der Waals surface area (Å²) in [5.41, 5.74) is 0.192. The van der Waals surface area contributed by atoms with Gasteiger partial charge in [-0.1, -0.05) is 5.16 Å². The number of carboxylic acid groups (broad SMARTS) is 1. The molecule has 1 aliphatic rings. The summed E-state index contributed by atoms with van der Waals surface area (Å²) < 4.78 is 5.12. The van der Waals surface area contributed by atoms with Crippen LogP contribution in [-0.2, 0) is 0 Å². The molecule has 1 atom stereocenters. The molecule has 5 heteroatoms. The zero-order valence-corrected chi connectivity index (χ0v) is 9.51. The van der Waals surface area contributed by atoms with Gasteiger partial charge >= 0.3 is 5.97 Å². The number of carbonyl (C=O) groups is 1. The van der Waals surface area contributed by atoms with E-state index in [0.717, 1.165) is 19.4 Å². The van der Waals surface area contributed by atoms with Crippen LogP contribution < -0.4 is 0 Å². The first-order valence-electron chi connectivity index (χ1n) is 5.55. The number of hydrogen-bond acceptors (Lipinski definition) is 4. The molecular weight excluding hydrogens is 208 g/mol. The van der Waals surface area contributed by atoms with Crippen LogP contribution in [0.15, 0.2) is 10.7 Å². The van der Waals surface area contributed by atoms with Crippen molar-refractivity contribution in [3.8, 4) is 0 Å². The van der Waals surface area contributed by atoms with Crippen LogP contribution >= 0.6 is 0 Å². The van der Waals surface area contributed by atoms with Crippen molar-refractivity contribution in [2.75, 3.05) is 6.54 Å². The van der Waals surface area contributed by atoms with E-state index >= 15 is 0 Å². The molecule has 1 unspecified atom stereocenters. The molecule has 2 rings (SSSR count). The third-order valence-electron chi connectivity index (χ3n) is 3.09. The van der Waals surface area contributed by atoms with Gasteiger partial charge < -0.3 is 9.63 Å². The maximum absolute atomic E-state index is 11.0. The Morgan fingerprint density at radius 1 is 1.69 bits per heavy atom. The second-order valence-corrected chi connectivity index (χ2v) is 4.40. The van der Waals surface area contributed by atoms with Gasteiger partial charge in [0, 0.05) is 6.04 Å². The minimum absolute atomic E-state index is 0.0635. The molecule has 1 fully saturated rings. The first-order chi connectivity index (χ1) is 7.61. The van der Waals surface area contributed by atoms with Crippen molar-refractivity contribution in [1.82, 2.24) is 10.1 Å². The summed E-state index contributed by atoms with van der Waals surface area (Å²) in [7, 11) is 0. The van der Waals surface area contributed by atoms with Crippen LogP contribution in [0.5, 0.6) is 0 Å². The fourth-order valence-corrected chi connectivity index (χ4v) is 2.34. The van der Waals surface area contributed by atoms with E-state index in [0.29, 0.717) is 11.8 Å². The van der Waals surface area contributed by atoms with E-state index in [4.69, 9.17) is 9.63 Å². The number of hydrogen-bond donors (Lipinski definition) is 1. The Morgan fingerprint density at radius 2 is 2.44 bits per heavy atom. The average Bonchev–Trinajstić information content (AvgIpc) is 2.85. The van der Waals surface area contributed by atoms with Crippen molar-refractivity contribution < 1.29 is 14.4 Å². The molecule has 1 aliphatic heterocycles. The van der Waals surface area contributed by atoms with Gasteiger partial charge in [0.25, 0.3) is 0 Å². The molecule has 0 aliphatic carbocycles. The Labute approximate surface area is 94.0 Å². The van der Waals surface area contributed by atoms with E-state index in [1.807, 2.05) is 0 Å². The summed E-state index contributed by atoms with van der Waals surface area (Å²) in [4.78, 5) is 13.3. The van der Waals surface area contributed by atoms with Gasteiger partial charge in [0.2, 0.25) is 0 Å². The Kier molecular flexibility index (Phi) is 2.96. The van der Waals surface area contributed by atoms with Gasteiger partial charge in [0.15, 0.2) is 5.76 Å². The molecule has 0 saturated carbocycles. The second kappa shape index (κ2) is 4.25. The van der Waals surface area contributed by atoms with Crippen LogP contribution in [0.4, 0.5) is 0 Å². The summed E-state index contributed by atoms with van der Waals surface area (Å²) in [5, 5.41) is 12.6. The quantitative estimate of drug-likeness (QED) is 0.849. The molecule has 1 N–H and O–H groups in total.